The molecular weight excluding hydrogens is 242 g/mol. The van der Waals surface area contributed by atoms with Crippen LogP contribution in [0.5, 0.6) is 5.75 Å². The first-order chi connectivity index (χ1) is 7.97. The average Bonchev–Trinajstić information content (AvgIpc) is 2.98. The summed E-state index contributed by atoms with van der Waals surface area (Å²) in [5.41, 5.74) is 0.931. The van der Waals surface area contributed by atoms with Gasteiger partial charge in [0.1, 0.15) is 5.75 Å². The van der Waals surface area contributed by atoms with E-state index in [1.165, 1.54) is 0 Å². The molecule has 6 heteroatoms. The van der Waals surface area contributed by atoms with Gasteiger partial charge in [0.25, 0.3) is 0 Å². The summed E-state index contributed by atoms with van der Waals surface area (Å²) in [7, 11) is -3.54. The highest BCUT2D eigenvalue weighted by molar-refractivity contribution is 7.90. The highest BCUT2D eigenvalue weighted by Crippen LogP contribution is 2.27. The molecule has 1 aliphatic rings. The van der Waals surface area contributed by atoms with E-state index in [1.54, 1.807) is 18.2 Å². The van der Waals surface area contributed by atoms with Crippen molar-refractivity contribution in [2.45, 2.75) is 25.0 Å². The van der Waals surface area contributed by atoms with E-state index in [9.17, 15) is 13.2 Å². The molecule has 1 aromatic carbocycles. The molecule has 2 rings (SSSR count). The number of benzene rings is 1. The summed E-state index contributed by atoms with van der Waals surface area (Å²) < 4.78 is 29.7. The van der Waals surface area contributed by atoms with Crippen LogP contribution in [0.25, 0.3) is 0 Å². The van der Waals surface area contributed by atoms with Crippen LogP contribution in [0.15, 0.2) is 24.3 Å². The Hall–Kier alpha value is -1.56. The third-order valence-corrected chi connectivity index (χ3v) is 4.19. The lowest BCUT2D eigenvalue weighted by atomic mass is 10.2. The van der Waals surface area contributed by atoms with Crippen LogP contribution in [0.3, 0.4) is 0 Å². The van der Waals surface area contributed by atoms with Crippen molar-refractivity contribution >= 4 is 16.1 Å². The minimum atomic E-state index is -3.54. The van der Waals surface area contributed by atoms with Crippen molar-refractivity contribution in [3.63, 3.8) is 0 Å². The van der Waals surface area contributed by atoms with Gasteiger partial charge in [0, 0.05) is 0 Å². The van der Waals surface area contributed by atoms with E-state index in [-0.39, 0.29) is 0 Å². The smallest absolute Gasteiger partial charge is 0.410 e. The summed E-state index contributed by atoms with van der Waals surface area (Å²) in [6.07, 6.45) is 0.252. The molecule has 0 spiro atoms. The Balaban J connectivity index is 1.98. The summed E-state index contributed by atoms with van der Waals surface area (Å²) in [5, 5.41) is -0.437. The Morgan fingerprint density at radius 3 is 2.71 bits per heavy atom. The van der Waals surface area contributed by atoms with Crippen LogP contribution in [0.4, 0.5) is 4.79 Å². The van der Waals surface area contributed by atoms with Gasteiger partial charge < -0.3 is 4.74 Å². The topological polar surface area (TPSA) is 72.5 Å². The number of aryl methyl sites for hydroxylation is 1. The van der Waals surface area contributed by atoms with Gasteiger partial charge in [-0.3, -0.25) is 0 Å². The number of hydrogen-bond donors (Lipinski definition) is 1. The van der Waals surface area contributed by atoms with Crippen molar-refractivity contribution in [2.24, 2.45) is 0 Å². The minimum absolute atomic E-state index is 0.327. The standard InChI is InChI=1S/C11H13NO4S/c1-8-3-2-4-9(7-8)16-11(13)12-17(14,15)10-5-6-10/h2-4,7,10H,5-6H2,1H3,(H,12,13). The molecule has 1 fully saturated rings. The number of amides is 1. The third-order valence-electron chi connectivity index (χ3n) is 2.39. The Kier molecular flexibility index (Phi) is 3.06. The summed E-state index contributed by atoms with van der Waals surface area (Å²) >= 11 is 0. The van der Waals surface area contributed by atoms with Gasteiger partial charge >= 0.3 is 6.09 Å². The van der Waals surface area contributed by atoms with E-state index in [2.05, 4.69) is 0 Å². The van der Waals surface area contributed by atoms with Gasteiger partial charge in [0.2, 0.25) is 10.0 Å². The number of hydrogen-bond acceptors (Lipinski definition) is 4. The highest BCUT2D eigenvalue weighted by atomic mass is 32.2. The van der Waals surface area contributed by atoms with Crippen LogP contribution in [0, 0.1) is 6.92 Å². The van der Waals surface area contributed by atoms with Gasteiger partial charge in [-0.1, -0.05) is 12.1 Å². The van der Waals surface area contributed by atoms with Crippen LogP contribution in [0.2, 0.25) is 0 Å². The van der Waals surface area contributed by atoms with E-state index < -0.39 is 21.4 Å². The molecule has 1 saturated carbocycles. The molecule has 92 valence electrons. The number of carbonyl (C=O) groups is 1. The molecule has 0 heterocycles. The molecule has 1 amide bonds. The molecule has 0 radical (unpaired) electrons. The second kappa shape index (κ2) is 4.37. The molecular formula is C11H13NO4S. The lowest BCUT2D eigenvalue weighted by molar-refractivity contribution is 0.207. The van der Waals surface area contributed by atoms with Crippen LogP contribution in [-0.2, 0) is 10.0 Å². The summed E-state index contributed by atoms with van der Waals surface area (Å²) in [4.78, 5) is 11.4. The number of carbonyl (C=O) groups excluding carboxylic acids is 1. The lowest BCUT2D eigenvalue weighted by Gasteiger charge is -2.07. The fourth-order valence-corrected chi connectivity index (χ4v) is 2.58. The Morgan fingerprint density at radius 1 is 1.41 bits per heavy atom. The number of sulfonamides is 1. The summed E-state index contributed by atoms with van der Waals surface area (Å²) in [6, 6.07) is 6.83. The minimum Gasteiger partial charge on any atom is -0.410 e. The van der Waals surface area contributed by atoms with Crippen molar-refractivity contribution in [2.75, 3.05) is 0 Å². The second-order valence-corrected chi connectivity index (χ2v) is 6.01. The predicted octanol–water partition coefficient (Wildman–Crippen LogP) is 1.58. The molecule has 0 saturated heterocycles. The van der Waals surface area contributed by atoms with Gasteiger partial charge in [-0.2, -0.15) is 0 Å². The molecule has 0 atom stereocenters. The van der Waals surface area contributed by atoms with Gasteiger partial charge in [-0.15, -0.1) is 0 Å². The Labute approximate surface area is 99.8 Å². The Bertz CT molecular complexity index is 534. The van der Waals surface area contributed by atoms with Gasteiger partial charge in [-0.05, 0) is 37.5 Å². The molecule has 0 aromatic heterocycles. The molecule has 0 unspecified atom stereocenters. The fourth-order valence-electron chi connectivity index (χ4n) is 1.38. The van der Waals surface area contributed by atoms with Crippen LogP contribution < -0.4 is 9.46 Å². The van der Waals surface area contributed by atoms with Crippen molar-refractivity contribution in [1.29, 1.82) is 0 Å². The van der Waals surface area contributed by atoms with Crippen LogP contribution in [0.1, 0.15) is 18.4 Å². The molecule has 5 nitrogen and oxygen atoms in total. The zero-order valence-corrected chi connectivity index (χ0v) is 10.2. The zero-order chi connectivity index (χ0) is 12.5. The fraction of sp³-hybridized carbons (Fsp3) is 0.364. The molecule has 0 aliphatic heterocycles. The predicted molar refractivity (Wildman–Crippen MR) is 62.3 cm³/mol. The first-order valence-electron chi connectivity index (χ1n) is 5.27. The van der Waals surface area contributed by atoms with E-state index in [0.29, 0.717) is 18.6 Å². The maximum Gasteiger partial charge on any atom is 0.426 e. The van der Waals surface area contributed by atoms with E-state index in [1.807, 2.05) is 17.7 Å². The maximum absolute atomic E-state index is 11.4. The molecule has 0 bridgehead atoms. The zero-order valence-electron chi connectivity index (χ0n) is 9.34. The van der Waals surface area contributed by atoms with E-state index in [4.69, 9.17) is 4.74 Å². The van der Waals surface area contributed by atoms with Gasteiger partial charge in [-0.25, -0.2) is 17.9 Å². The Morgan fingerprint density at radius 2 is 2.12 bits per heavy atom. The first-order valence-corrected chi connectivity index (χ1v) is 6.82. The average molecular weight is 255 g/mol. The van der Waals surface area contributed by atoms with Crippen molar-refractivity contribution in [1.82, 2.24) is 4.72 Å². The number of nitrogens with one attached hydrogen (secondary N) is 1. The lowest BCUT2D eigenvalue weighted by Crippen LogP contribution is -2.35. The maximum atomic E-state index is 11.4. The summed E-state index contributed by atoms with van der Waals surface area (Å²) in [5.74, 6) is 0.327. The van der Waals surface area contributed by atoms with Gasteiger partial charge in [0.05, 0.1) is 5.25 Å². The number of ether oxygens (including phenoxy) is 1. The first kappa shape index (κ1) is 11.9. The number of rotatable bonds is 3. The quantitative estimate of drug-likeness (QED) is 0.890. The van der Waals surface area contributed by atoms with Crippen LogP contribution in [-0.4, -0.2) is 19.8 Å². The van der Waals surface area contributed by atoms with E-state index >= 15 is 0 Å². The normalized spacial score (nSPS) is 15.4. The second-order valence-electron chi connectivity index (χ2n) is 4.05. The van der Waals surface area contributed by atoms with Crippen LogP contribution >= 0.6 is 0 Å². The van der Waals surface area contributed by atoms with Crippen molar-refractivity contribution in [3.05, 3.63) is 29.8 Å². The van der Waals surface area contributed by atoms with Gasteiger partial charge in [0.15, 0.2) is 0 Å². The van der Waals surface area contributed by atoms with Crippen molar-refractivity contribution in [3.8, 4) is 5.75 Å². The van der Waals surface area contributed by atoms with E-state index in [0.717, 1.165) is 5.56 Å². The molecule has 1 aromatic rings. The third kappa shape index (κ3) is 3.20. The SMILES string of the molecule is Cc1cccc(OC(=O)NS(=O)(=O)C2CC2)c1. The van der Waals surface area contributed by atoms with Crippen molar-refractivity contribution < 1.29 is 17.9 Å². The monoisotopic (exact) mass is 255 g/mol. The summed E-state index contributed by atoms with van der Waals surface area (Å²) in [6.45, 7) is 1.85. The molecule has 17 heavy (non-hydrogen) atoms. The molecule has 1 aliphatic carbocycles. The largest absolute Gasteiger partial charge is 0.426 e. The molecule has 1 N–H and O–H groups in total. The highest BCUT2D eigenvalue weighted by Gasteiger charge is 2.37.